The van der Waals surface area contributed by atoms with Gasteiger partial charge in [-0.2, -0.15) is 0 Å². The van der Waals surface area contributed by atoms with Crippen molar-refractivity contribution < 1.29 is 28.6 Å². The molecule has 0 aromatic heterocycles. The fraction of sp³-hybridized carbons (Fsp3) is 0.444. The van der Waals surface area contributed by atoms with Crippen molar-refractivity contribution in [3.8, 4) is 11.1 Å². The highest BCUT2D eigenvalue weighted by Gasteiger charge is 2.35. The average Bonchev–Trinajstić information content (AvgIpc) is 3.38. The number of benzene rings is 2. The number of alkyl carbamates (subject to hydrolysis) is 1. The van der Waals surface area contributed by atoms with E-state index < -0.39 is 30.4 Å². The van der Waals surface area contributed by atoms with E-state index in [0.29, 0.717) is 19.4 Å². The van der Waals surface area contributed by atoms with Crippen molar-refractivity contribution in [2.75, 3.05) is 13.2 Å². The predicted molar refractivity (Wildman–Crippen MR) is 130 cm³/mol. The Balaban J connectivity index is 1.38. The van der Waals surface area contributed by atoms with Gasteiger partial charge in [-0.25, -0.2) is 4.79 Å². The molecule has 0 spiro atoms. The molecule has 2 amide bonds. The van der Waals surface area contributed by atoms with Gasteiger partial charge in [-0.15, -0.1) is 0 Å². The van der Waals surface area contributed by atoms with Crippen molar-refractivity contribution in [1.29, 1.82) is 0 Å². The van der Waals surface area contributed by atoms with Crippen LogP contribution in [-0.2, 0) is 23.8 Å². The first-order valence-corrected chi connectivity index (χ1v) is 12.0. The van der Waals surface area contributed by atoms with Crippen LogP contribution >= 0.6 is 0 Å². The lowest BCUT2D eigenvalue weighted by atomic mass is 9.98. The molecule has 8 heteroatoms. The SMILES string of the molecule is CC(=O)O[C@@H]1OCC[C@@H]1NC(=O)[C@H](CC(C)C)NC(=O)OCC1c2ccccc2-c2ccccc21. The van der Waals surface area contributed by atoms with Gasteiger partial charge < -0.3 is 24.8 Å². The Morgan fingerprint density at radius 1 is 1.03 bits per heavy atom. The molecule has 8 nitrogen and oxygen atoms in total. The van der Waals surface area contributed by atoms with Crippen LogP contribution in [0.4, 0.5) is 4.79 Å². The zero-order valence-electron chi connectivity index (χ0n) is 20.3. The minimum atomic E-state index is -0.828. The highest BCUT2D eigenvalue weighted by Crippen LogP contribution is 2.44. The van der Waals surface area contributed by atoms with Crippen molar-refractivity contribution in [3.63, 3.8) is 0 Å². The number of amides is 2. The number of fused-ring (bicyclic) bond motifs is 3. The second-order valence-corrected chi connectivity index (χ2v) is 9.40. The largest absolute Gasteiger partial charge is 0.449 e. The number of carbonyl (C=O) groups is 3. The summed E-state index contributed by atoms with van der Waals surface area (Å²) in [6, 6.07) is 15.0. The van der Waals surface area contributed by atoms with E-state index in [1.807, 2.05) is 38.1 Å². The van der Waals surface area contributed by atoms with Gasteiger partial charge in [0.2, 0.25) is 12.2 Å². The zero-order chi connectivity index (χ0) is 24.9. The Labute approximate surface area is 205 Å². The number of ether oxygens (including phenoxy) is 3. The van der Waals surface area contributed by atoms with Gasteiger partial charge in [0.05, 0.1) is 12.6 Å². The first kappa shape index (κ1) is 24.7. The first-order chi connectivity index (χ1) is 16.8. The Morgan fingerprint density at radius 2 is 1.66 bits per heavy atom. The maximum absolute atomic E-state index is 13.0. The Morgan fingerprint density at radius 3 is 2.26 bits per heavy atom. The van der Waals surface area contributed by atoms with E-state index in [9.17, 15) is 14.4 Å². The van der Waals surface area contributed by atoms with E-state index >= 15 is 0 Å². The van der Waals surface area contributed by atoms with Crippen molar-refractivity contribution in [2.24, 2.45) is 5.92 Å². The van der Waals surface area contributed by atoms with Gasteiger partial charge in [0, 0.05) is 12.8 Å². The van der Waals surface area contributed by atoms with Crippen LogP contribution in [0.5, 0.6) is 0 Å². The summed E-state index contributed by atoms with van der Waals surface area (Å²) in [7, 11) is 0. The van der Waals surface area contributed by atoms with Gasteiger partial charge >= 0.3 is 12.1 Å². The molecular formula is C27H32N2O6. The molecule has 0 bridgehead atoms. The maximum atomic E-state index is 13.0. The van der Waals surface area contributed by atoms with Gasteiger partial charge in [0.1, 0.15) is 12.6 Å². The van der Waals surface area contributed by atoms with Crippen LogP contribution in [0.25, 0.3) is 11.1 Å². The molecule has 2 aliphatic rings. The first-order valence-electron chi connectivity index (χ1n) is 12.0. The maximum Gasteiger partial charge on any atom is 0.407 e. The molecule has 1 aliphatic carbocycles. The van der Waals surface area contributed by atoms with Crippen molar-refractivity contribution in [3.05, 3.63) is 59.7 Å². The summed E-state index contributed by atoms with van der Waals surface area (Å²) in [5.41, 5.74) is 4.54. The lowest BCUT2D eigenvalue weighted by Crippen LogP contribution is -2.52. The third-order valence-corrected chi connectivity index (χ3v) is 6.31. The van der Waals surface area contributed by atoms with Gasteiger partial charge in [0.25, 0.3) is 0 Å². The predicted octanol–water partition coefficient (Wildman–Crippen LogP) is 3.73. The van der Waals surface area contributed by atoms with E-state index in [1.54, 1.807) is 0 Å². The van der Waals surface area contributed by atoms with Gasteiger partial charge in [-0.1, -0.05) is 62.4 Å². The third-order valence-electron chi connectivity index (χ3n) is 6.31. The third kappa shape index (κ3) is 5.82. The Bertz CT molecular complexity index is 1040. The van der Waals surface area contributed by atoms with Crippen LogP contribution in [0, 0.1) is 5.92 Å². The summed E-state index contributed by atoms with van der Waals surface area (Å²) in [5, 5.41) is 5.58. The molecule has 186 valence electrons. The quantitative estimate of drug-likeness (QED) is 0.558. The molecule has 0 unspecified atom stereocenters. The number of nitrogens with one attached hydrogen (secondary N) is 2. The van der Waals surface area contributed by atoms with Gasteiger partial charge in [-0.3, -0.25) is 9.59 Å². The summed E-state index contributed by atoms with van der Waals surface area (Å²) in [6.07, 6.45) is -0.525. The Kier molecular flexibility index (Phi) is 7.70. The molecule has 4 rings (SSSR count). The number of rotatable bonds is 8. The molecular weight excluding hydrogens is 448 g/mol. The fourth-order valence-corrected chi connectivity index (χ4v) is 4.75. The molecule has 1 fully saturated rings. The van der Waals surface area contributed by atoms with Crippen molar-refractivity contribution in [1.82, 2.24) is 10.6 Å². The zero-order valence-corrected chi connectivity index (χ0v) is 20.3. The second kappa shape index (κ2) is 10.9. The fourth-order valence-electron chi connectivity index (χ4n) is 4.75. The van der Waals surface area contributed by atoms with Gasteiger partial charge in [-0.05, 0) is 41.0 Å². The minimum absolute atomic E-state index is 0.0642. The number of hydrogen-bond donors (Lipinski definition) is 2. The number of hydrogen-bond acceptors (Lipinski definition) is 6. The summed E-state index contributed by atoms with van der Waals surface area (Å²) in [4.78, 5) is 37.1. The van der Waals surface area contributed by atoms with Crippen LogP contribution in [0.3, 0.4) is 0 Å². The lowest BCUT2D eigenvalue weighted by molar-refractivity contribution is -0.170. The van der Waals surface area contributed by atoms with Crippen molar-refractivity contribution in [2.45, 2.75) is 57.9 Å². The van der Waals surface area contributed by atoms with Crippen LogP contribution in [0.15, 0.2) is 48.5 Å². The van der Waals surface area contributed by atoms with E-state index in [4.69, 9.17) is 14.2 Å². The standard InChI is InChI=1S/C27H32N2O6/c1-16(2)14-24(25(31)28-23-12-13-33-26(23)35-17(3)30)29-27(32)34-15-22-20-10-6-4-8-18(20)19-9-5-7-11-21(19)22/h4-11,16,22-24,26H,12-15H2,1-3H3,(H,28,31)(H,29,32)/t23-,24-,26-/m0/s1. The van der Waals surface area contributed by atoms with E-state index in [-0.39, 0.29) is 24.3 Å². The Hall–Kier alpha value is -3.39. The lowest BCUT2D eigenvalue weighted by Gasteiger charge is -2.24. The molecule has 2 aromatic rings. The molecule has 1 saturated heterocycles. The molecule has 1 aliphatic heterocycles. The average molecular weight is 481 g/mol. The van der Waals surface area contributed by atoms with Crippen LogP contribution in [-0.4, -0.2) is 49.6 Å². The van der Waals surface area contributed by atoms with Crippen LogP contribution in [0.2, 0.25) is 0 Å². The summed E-state index contributed by atoms with van der Waals surface area (Å²) in [6.45, 7) is 5.78. The van der Waals surface area contributed by atoms with Crippen LogP contribution in [0.1, 0.15) is 50.7 Å². The summed E-state index contributed by atoms with van der Waals surface area (Å²) >= 11 is 0. The summed E-state index contributed by atoms with van der Waals surface area (Å²) < 4.78 is 16.2. The van der Waals surface area contributed by atoms with E-state index in [1.165, 1.54) is 6.92 Å². The van der Waals surface area contributed by atoms with Crippen molar-refractivity contribution >= 4 is 18.0 Å². The highest BCUT2D eigenvalue weighted by molar-refractivity contribution is 5.86. The molecule has 2 aromatic carbocycles. The van der Waals surface area contributed by atoms with E-state index in [0.717, 1.165) is 22.3 Å². The molecule has 3 atom stereocenters. The normalized spacial score (nSPS) is 19.5. The van der Waals surface area contributed by atoms with Gasteiger partial charge in [0.15, 0.2) is 0 Å². The molecule has 2 N–H and O–H groups in total. The highest BCUT2D eigenvalue weighted by atomic mass is 16.7. The number of carbonyl (C=O) groups excluding carboxylic acids is 3. The smallest absolute Gasteiger partial charge is 0.407 e. The minimum Gasteiger partial charge on any atom is -0.449 e. The van der Waals surface area contributed by atoms with Crippen LogP contribution < -0.4 is 10.6 Å². The second-order valence-electron chi connectivity index (χ2n) is 9.40. The molecule has 1 heterocycles. The van der Waals surface area contributed by atoms with E-state index in [2.05, 4.69) is 34.9 Å². The molecule has 35 heavy (non-hydrogen) atoms. The molecule has 0 saturated carbocycles. The summed E-state index contributed by atoms with van der Waals surface area (Å²) in [5.74, 6) is -0.749. The monoisotopic (exact) mass is 480 g/mol. The number of esters is 1. The molecule has 0 radical (unpaired) electrons. The topological polar surface area (TPSA) is 103 Å².